The van der Waals surface area contributed by atoms with Gasteiger partial charge >= 0.3 is 0 Å². The number of hydrogen-bond acceptors (Lipinski definition) is 3. The number of imidazole rings is 1. The Morgan fingerprint density at radius 3 is 2.53 bits per heavy atom. The zero-order valence-corrected chi connectivity index (χ0v) is 20.1. The van der Waals surface area contributed by atoms with Crippen molar-refractivity contribution in [2.45, 2.75) is 46.1 Å². The minimum atomic E-state index is 0.0708. The molecule has 0 aliphatic carbocycles. The number of fused-ring (bicyclic) bond motifs is 1. The second kappa shape index (κ2) is 9.34. The van der Waals surface area contributed by atoms with Gasteiger partial charge in [-0.25, -0.2) is 4.98 Å². The predicted molar refractivity (Wildman–Crippen MR) is 137 cm³/mol. The van der Waals surface area contributed by atoms with Crippen molar-refractivity contribution in [3.8, 4) is 5.75 Å². The van der Waals surface area contributed by atoms with Crippen molar-refractivity contribution in [3.05, 3.63) is 89.2 Å². The van der Waals surface area contributed by atoms with Crippen LogP contribution in [-0.2, 0) is 11.3 Å². The summed E-state index contributed by atoms with van der Waals surface area (Å²) in [6, 6.07) is 22.7. The summed E-state index contributed by atoms with van der Waals surface area (Å²) in [5, 5.41) is 0. The van der Waals surface area contributed by atoms with E-state index in [0.29, 0.717) is 19.6 Å². The Kier molecular flexibility index (Phi) is 6.10. The van der Waals surface area contributed by atoms with Crippen molar-refractivity contribution in [1.29, 1.82) is 0 Å². The first kappa shape index (κ1) is 22.2. The summed E-state index contributed by atoms with van der Waals surface area (Å²) in [6.45, 7) is 8.33. The lowest BCUT2D eigenvalue weighted by Gasteiger charge is -2.18. The molecule has 1 unspecified atom stereocenters. The number of nitrogens with zero attached hydrogens (tertiary/aromatic N) is 3. The molecule has 0 bridgehead atoms. The predicted octanol–water partition coefficient (Wildman–Crippen LogP) is 5.95. The van der Waals surface area contributed by atoms with Gasteiger partial charge in [0.2, 0.25) is 5.91 Å². The first-order valence-corrected chi connectivity index (χ1v) is 12.0. The van der Waals surface area contributed by atoms with Crippen LogP contribution in [0.25, 0.3) is 11.0 Å². The molecule has 1 fully saturated rings. The van der Waals surface area contributed by atoms with Gasteiger partial charge in [0.25, 0.3) is 0 Å². The molecule has 1 atom stereocenters. The number of rotatable bonds is 7. The van der Waals surface area contributed by atoms with Crippen molar-refractivity contribution >= 4 is 22.6 Å². The molecule has 1 amide bonds. The van der Waals surface area contributed by atoms with E-state index in [0.717, 1.165) is 46.8 Å². The monoisotopic (exact) mass is 453 g/mol. The SMILES string of the molecule is Cc1ccc(N2CC(c3nc4ccccc4n3CCCOc3ccc(C)cc3C)CC2=O)cc1. The van der Waals surface area contributed by atoms with Crippen LogP contribution in [0.5, 0.6) is 5.75 Å². The molecule has 1 aliphatic heterocycles. The highest BCUT2D eigenvalue weighted by molar-refractivity contribution is 5.96. The first-order valence-electron chi connectivity index (χ1n) is 12.0. The molecule has 2 heterocycles. The van der Waals surface area contributed by atoms with Crippen molar-refractivity contribution in [3.63, 3.8) is 0 Å². The number of aromatic nitrogens is 2. The van der Waals surface area contributed by atoms with Crippen LogP contribution in [0.15, 0.2) is 66.7 Å². The number of aryl methyl sites for hydroxylation is 4. The van der Waals surface area contributed by atoms with E-state index in [1.165, 1.54) is 11.1 Å². The molecule has 34 heavy (non-hydrogen) atoms. The standard InChI is InChI=1S/C29H31N3O2/c1-20-9-12-24(13-10-20)32-19-23(18-28(32)33)29-30-25-7-4-5-8-26(25)31(29)15-6-16-34-27-14-11-21(2)17-22(27)3/h4-5,7-14,17,23H,6,15-16,18-19H2,1-3H3. The number of ether oxygens (including phenoxy) is 1. The molecule has 174 valence electrons. The first-order chi connectivity index (χ1) is 16.5. The van der Waals surface area contributed by atoms with Gasteiger partial charge in [-0.15, -0.1) is 0 Å². The van der Waals surface area contributed by atoms with Crippen LogP contribution in [0.2, 0.25) is 0 Å². The van der Waals surface area contributed by atoms with Gasteiger partial charge in [0, 0.05) is 31.1 Å². The number of amides is 1. The Balaban J connectivity index is 1.34. The second-order valence-corrected chi connectivity index (χ2v) is 9.32. The Hall–Kier alpha value is -3.60. The molecule has 0 N–H and O–H groups in total. The van der Waals surface area contributed by atoms with Crippen LogP contribution in [0.3, 0.4) is 0 Å². The van der Waals surface area contributed by atoms with Gasteiger partial charge in [-0.3, -0.25) is 4.79 Å². The lowest BCUT2D eigenvalue weighted by molar-refractivity contribution is -0.117. The number of carbonyl (C=O) groups is 1. The minimum absolute atomic E-state index is 0.0708. The maximum absolute atomic E-state index is 12.9. The van der Waals surface area contributed by atoms with Crippen LogP contribution >= 0.6 is 0 Å². The van der Waals surface area contributed by atoms with Crippen molar-refractivity contribution in [2.24, 2.45) is 0 Å². The highest BCUT2D eigenvalue weighted by atomic mass is 16.5. The zero-order valence-electron chi connectivity index (χ0n) is 20.1. The molecule has 1 aliphatic rings. The number of benzene rings is 3. The third kappa shape index (κ3) is 4.43. The molecule has 5 nitrogen and oxygen atoms in total. The highest BCUT2D eigenvalue weighted by Gasteiger charge is 2.34. The quantitative estimate of drug-likeness (QED) is 0.325. The zero-order chi connectivity index (χ0) is 23.7. The summed E-state index contributed by atoms with van der Waals surface area (Å²) in [6.07, 6.45) is 1.35. The molecule has 5 rings (SSSR count). The molecule has 4 aromatic rings. The molecule has 3 aromatic carbocycles. The van der Waals surface area contributed by atoms with Gasteiger partial charge < -0.3 is 14.2 Å². The summed E-state index contributed by atoms with van der Waals surface area (Å²) < 4.78 is 8.36. The lowest BCUT2D eigenvalue weighted by atomic mass is 10.1. The molecular weight excluding hydrogens is 422 g/mol. The van der Waals surface area contributed by atoms with E-state index in [4.69, 9.17) is 9.72 Å². The maximum atomic E-state index is 12.9. The third-order valence-electron chi connectivity index (χ3n) is 6.63. The molecule has 0 radical (unpaired) electrons. The van der Waals surface area contributed by atoms with E-state index in [1.54, 1.807) is 0 Å². The molecule has 1 saturated heterocycles. The van der Waals surface area contributed by atoms with Crippen LogP contribution in [0.1, 0.15) is 41.3 Å². The summed E-state index contributed by atoms with van der Waals surface area (Å²) in [5.41, 5.74) is 6.65. The van der Waals surface area contributed by atoms with E-state index in [2.05, 4.69) is 67.8 Å². The average molecular weight is 454 g/mol. The summed E-state index contributed by atoms with van der Waals surface area (Å²) in [4.78, 5) is 19.8. The molecule has 5 heteroatoms. The molecule has 1 aromatic heterocycles. The average Bonchev–Trinajstić information content (AvgIpc) is 3.39. The van der Waals surface area contributed by atoms with Gasteiger partial charge in [-0.1, -0.05) is 47.5 Å². The number of hydrogen-bond donors (Lipinski definition) is 0. The Bertz CT molecular complexity index is 1320. The van der Waals surface area contributed by atoms with Crippen LogP contribution in [-0.4, -0.2) is 28.6 Å². The van der Waals surface area contributed by atoms with E-state index in [-0.39, 0.29) is 11.8 Å². The van der Waals surface area contributed by atoms with Gasteiger partial charge in [-0.2, -0.15) is 0 Å². The van der Waals surface area contributed by atoms with E-state index < -0.39 is 0 Å². The van der Waals surface area contributed by atoms with Gasteiger partial charge in [0.15, 0.2) is 0 Å². The van der Waals surface area contributed by atoms with Crippen LogP contribution in [0, 0.1) is 20.8 Å². The second-order valence-electron chi connectivity index (χ2n) is 9.32. The smallest absolute Gasteiger partial charge is 0.227 e. The largest absolute Gasteiger partial charge is 0.493 e. The maximum Gasteiger partial charge on any atom is 0.227 e. The Labute approximate surface area is 201 Å². The number of carbonyl (C=O) groups excluding carboxylic acids is 1. The highest BCUT2D eigenvalue weighted by Crippen LogP contribution is 2.33. The van der Waals surface area contributed by atoms with Crippen molar-refractivity contribution in [2.75, 3.05) is 18.1 Å². The third-order valence-corrected chi connectivity index (χ3v) is 6.63. The van der Waals surface area contributed by atoms with Crippen molar-refractivity contribution in [1.82, 2.24) is 9.55 Å². The number of anilines is 1. The fraction of sp³-hybridized carbons (Fsp3) is 0.310. The van der Waals surface area contributed by atoms with Crippen molar-refractivity contribution < 1.29 is 9.53 Å². The van der Waals surface area contributed by atoms with E-state index in [1.807, 2.05) is 29.2 Å². The van der Waals surface area contributed by atoms with E-state index in [9.17, 15) is 4.79 Å². The van der Waals surface area contributed by atoms with Crippen LogP contribution < -0.4 is 9.64 Å². The summed E-state index contributed by atoms with van der Waals surface area (Å²) in [5.74, 6) is 2.17. The lowest BCUT2D eigenvalue weighted by Crippen LogP contribution is -2.24. The molecular formula is C29H31N3O2. The normalized spacial score (nSPS) is 15.9. The van der Waals surface area contributed by atoms with E-state index >= 15 is 0 Å². The molecule has 0 spiro atoms. The summed E-state index contributed by atoms with van der Waals surface area (Å²) >= 11 is 0. The topological polar surface area (TPSA) is 47.4 Å². The van der Waals surface area contributed by atoms with Crippen LogP contribution in [0.4, 0.5) is 5.69 Å². The Morgan fingerprint density at radius 2 is 1.74 bits per heavy atom. The molecule has 0 saturated carbocycles. The number of para-hydroxylation sites is 2. The van der Waals surface area contributed by atoms with Gasteiger partial charge in [0.1, 0.15) is 11.6 Å². The fourth-order valence-corrected chi connectivity index (χ4v) is 4.86. The van der Waals surface area contributed by atoms with Gasteiger partial charge in [0.05, 0.1) is 17.6 Å². The minimum Gasteiger partial charge on any atom is -0.493 e. The summed E-state index contributed by atoms with van der Waals surface area (Å²) in [7, 11) is 0. The fourth-order valence-electron chi connectivity index (χ4n) is 4.86. The van der Waals surface area contributed by atoms with Gasteiger partial charge in [-0.05, 0) is 63.1 Å². The Morgan fingerprint density at radius 1 is 0.971 bits per heavy atom.